The number of thioether (sulfide) groups is 1. The number of hydrogen-bond donors (Lipinski definition) is 2. The molecule has 1 saturated heterocycles. The van der Waals surface area contributed by atoms with Crippen molar-refractivity contribution in [3.8, 4) is 0 Å². The molecule has 2 amide bonds. The molecule has 2 rings (SSSR count). The van der Waals surface area contributed by atoms with Crippen LogP contribution in [0.4, 0.5) is 0 Å². The number of nitrogens with two attached hydrogens (primary N) is 1. The molecule has 134 valence electrons. The number of halogens is 1. The SMILES string of the molecule is CC(C)(C)CC(=O)N1CSCC1C(=O)NC1CCCC1CN.Cl. The van der Waals surface area contributed by atoms with Gasteiger partial charge in [0.2, 0.25) is 11.8 Å². The predicted molar refractivity (Wildman–Crippen MR) is 97.6 cm³/mol. The molecular weight excluding hydrogens is 334 g/mol. The van der Waals surface area contributed by atoms with Crippen LogP contribution in [0.5, 0.6) is 0 Å². The van der Waals surface area contributed by atoms with Crippen molar-refractivity contribution in [3.63, 3.8) is 0 Å². The minimum Gasteiger partial charge on any atom is -0.351 e. The van der Waals surface area contributed by atoms with E-state index in [-0.39, 0.29) is 41.7 Å². The molecule has 1 heterocycles. The van der Waals surface area contributed by atoms with Crippen molar-refractivity contribution in [2.24, 2.45) is 17.1 Å². The molecule has 0 aromatic rings. The Hall–Kier alpha value is -0.460. The van der Waals surface area contributed by atoms with Gasteiger partial charge in [0.15, 0.2) is 0 Å². The molecule has 3 N–H and O–H groups in total. The topological polar surface area (TPSA) is 75.4 Å². The van der Waals surface area contributed by atoms with E-state index in [4.69, 9.17) is 5.73 Å². The van der Waals surface area contributed by atoms with Crippen molar-refractivity contribution in [3.05, 3.63) is 0 Å². The van der Waals surface area contributed by atoms with Gasteiger partial charge < -0.3 is 16.0 Å². The molecule has 0 spiro atoms. The molecule has 1 saturated carbocycles. The van der Waals surface area contributed by atoms with Crippen LogP contribution >= 0.6 is 24.2 Å². The van der Waals surface area contributed by atoms with Crippen LogP contribution in [-0.2, 0) is 9.59 Å². The number of rotatable bonds is 4. The van der Waals surface area contributed by atoms with Crippen molar-refractivity contribution in [1.29, 1.82) is 0 Å². The number of hydrogen-bond acceptors (Lipinski definition) is 4. The van der Waals surface area contributed by atoms with Crippen LogP contribution in [0.15, 0.2) is 0 Å². The highest BCUT2D eigenvalue weighted by atomic mass is 35.5. The third kappa shape index (κ3) is 5.54. The quantitative estimate of drug-likeness (QED) is 0.800. The van der Waals surface area contributed by atoms with Gasteiger partial charge in [-0.25, -0.2) is 0 Å². The lowest BCUT2D eigenvalue weighted by Crippen LogP contribution is -2.51. The van der Waals surface area contributed by atoms with Crippen LogP contribution in [0.25, 0.3) is 0 Å². The first-order chi connectivity index (χ1) is 10.3. The molecule has 3 unspecified atom stereocenters. The Bertz CT molecular complexity index is 428. The van der Waals surface area contributed by atoms with E-state index in [1.165, 1.54) is 0 Å². The molecule has 3 atom stereocenters. The summed E-state index contributed by atoms with van der Waals surface area (Å²) in [5.41, 5.74) is 5.72. The maximum Gasteiger partial charge on any atom is 0.243 e. The Kier molecular flexibility index (Phi) is 7.68. The Balaban J connectivity index is 0.00000264. The molecule has 5 nitrogen and oxygen atoms in total. The molecule has 0 bridgehead atoms. The van der Waals surface area contributed by atoms with Gasteiger partial charge in [-0.05, 0) is 30.7 Å². The lowest BCUT2D eigenvalue weighted by atomic mass is 9.91. The van der Waals surface area contributed by atoms with Crippen LogP contribution in [0, 0.1) is 11.3 Å². The summed E-state index contributed by atoms with van der Waals surface area (Å²) in [4.78, 5) is 26.8. The fraction of sp³-hybridized carbons (Fsp3) is 0.875. The van der Waals surface area contributed by atoms with Gasteiger partial charge in [-0.15, -0.1) is 24.2 Å². The standard InChI is InChI=1S/C16H29N3O2S.ClH/c1-16(2,3)7-14(20)19-10-22-9-13(19)15(21)18-12-6-4-5-11(12)8-17;/h11-13H,4-10,17H2,1-3H3,(H,18,21);1H. The smallest absolute Gasteiger partial charge is 0.243 e. The van der Waals surface area contributed by atoms with Gasteiger partial charge in [-0.1, -0.05) is 27.2 Å². The van der Waals surface area contributed by atoms with Crippen molar-refractivity contribution < 1.29 is 9.59 Å². The highest BCUT2D eigenvalue weighted by Gasteiger charge is 2.37. The molecule has 0 aromatic carbocycles. The number of carbonyl (C=O) groups excluding carboxylic acids is 2. The average molecular weight is 364 g/mol. The van der Waals surface area contributed by atoms with E-state index in [1.807, 2.05) is 20.8 Å². The third-order valence-corrected chi connectivity index (χ3v) is 5.49. The summed E-state index contributed by atoms with van der Waals surface area (Å²) in [6.45, 7) is 6.77. The summed E-state index contributed by atoms with van der Waals surface area (Å²) < 4.78 is 0. The normalized spacial score (nSPS) is 27.7. The summed E-state index contributed by atoms with van der Waals surface area (Å²) >= 11 is 1.66. The summed E-state index contributed by atoms with van der Waals surface area (Å²) in [5.74, 6) is 1.79. The van der Waals surface area contributed by atoms with E-state index in [9.17, 15) is 9.59 Å². The molecule has 7 heteroatoms. The van der Waals surface area contributed by atoms with Crippen molar-refractivity contribution >= 4 is 36.0 Å². The molecule has 2 fully saturated rings. The molecular formula is C16H30ClN3O2S. The molecule has 0 aromatic heterocycles. The third-order valence-electron chi connectivity index (χ3n) is 4.48. The zero-order valence-corrected chi connectivity index (χ0v) is 16.0. The predicted octanol–water partition coefficient (Wildman–Crippen LogP) is 1.99. The van der Waals surface area contributed by atoms with Crippen LogP contribution in [0.3, 0.4) is 0 Å². The van der Waals surface area contributed by atoms with Gasteiger partial charge in [0.05, 0.1) is 5.88 Å². The highest BCUT2D eigenvalue weighted by Crippen LogP contribution is 2.28. The van der Waals surface area contributed by atoms with E-state index in [1.54, 1.807) is 16.7 Å². The highest BCUT2D eigenvalue weighted by molar-refractivity contribution is 7.99. The van der Waals surface area contributed by atoms with Crippen molar-refractivity contribution in [1.82, 2.24) is 10.2 Å². The second-order valence-electron chi connectivity index (χ2n) is 7.66. The van der Waals surface area contributed by atoms with Crippen LogP contribution in [0.2, 0.25) is 0 Å². The van der Waals surface area contributed by atoms with Gasteiger partial charge in [0, 0.05) is 18.2 Å². The van der Waals surface area contributed by atoms with E-state index >= 15 is 0 Å². The van der Waals surface area contributed by atoms with E-state index in [0.29, 0.717) is 30.5 Å². The lowest BCUT2D eigenvalue weighted by molar-refractivity contribution is -0.139. The Morgan fingerprint density at radius 3 is 2.61 bits per heavy atom. The average Bonchev–Trinajstić information content (AvgIpc) is 3.04. The molecule has 1 aliphatic carbocycles. The fourth-order valence-corrected chi connectivity index (χ4v) is 4.43. The lowest BCUT2D eigenvalue weighted by Gasteiger charge is -2.28. The summed E-state index contributed by atoms with van der Waals surface area (Å²) in [5, 5.41) is 3.14. The van der Waals surface area contributed by atoms with Crippen LogP contribution in [-0.4, -0.2) is 47.0 Å². The fourth-order valence-electron chi connectivity index (χ4n) is 3.25. The Morgan fingerprint density at radius 2 is 2.00 bits per heavy atom. The van der Waals surface area contributed by atoms with E-state index in [2.05, 4.69) is 5.32 Å². The van der Waals surface area contributed by atoms with Gasteiger partial charge in [-0.3, -0.25) is 9.59 Å². The molecule has 23 heavy (non-hydrogen) atoms. The summed E-state index contributed by atoms with van der Waals surface area (Å²) in [6, 6.07) is -0.137. The second-order valence-corrected chi connectivity index (χ2v) is 8.66. The van der Waals surface area contributed by atoms with Crippen LogP contribution in [0.1, 0.15) is 46.5 Å². The molecule has 1 aliphatic heterocycles. The molecule has 0 radical (unpaired) electrons. The van der Waals surface area contributed by atoms with Crippen molar-refractivity contribution in [2.75, 3.05) is 18.2 Å². The first kappa shape index (κ1) is 20.6. The van der Waals surface area contributed by atoms with Crippen LogP contribution < -0.4 is 11.1 Å². The Morgan fingerprint density at radius 1 is 1.30 bits per heavy atom. The summed E-state index contributed by atoms with van der Waals surface area (Å²) in [6.07, 6.45) is 3.70. The summed E-state index contributed by atoms with van der Waals surface area (Å²) in [7, 11) is 0. The monoisotopic (exact) mass is 363 g/mol. The maximum absolute atomic E-state index is 12.6. The molecule has 2 aliphatic rings. The second kappa shape index (κ2) is 8.58. The van der Waals surface area contributed by atoms with Crippen molar-refractivity contribution in [2.45, 2.75) is 58.5 Å². The maximum atomic E-state index is 12.6. The van der Waals surface area contributed by atoms with E-state index in [0.717, 1.165) is 19.3 Å². The van der Waals surface area contributed by atoms with Gasteiger partial charge in [0.25, 0.3) is 0 Å². The number of amides is 2. The van der Waals surface area contributed by atoms with Gasteiger partial charge in [0.1, 0.15) is 6.04 Å². The number of nitrogens with zero attached hydrogens (tertiary/aromatic N) is 1. The Labute approximate surface area is 149 Å². The number of nitrogens with one attached hydrogen (secondary N) is 1. The minimum absolute atomic E-state index is 0. The largest absolute Gasteiger partial charge is 0.351 e. The zero-order valence-electron chi connectivity index (χ0n) is 14.3. The van der Waals surface area contributed by atoms with E-state index < -0.39 is 0 Å². The minimum atomic E-state index is -0.320. The first-order valence-electron chi connectivity index (χ1n) is 8.19. The van der Waals surface area contributed by atoms with Gasteiger partial charge in [-0.2, -0.15) is 0 Å². The zero-order chi connectivity index (χ0) is 16.3. The number of carbonyl (C=O) groups is 2. The first-order valence-corrected chi connectivity index (χ1v) is 9.35. The van der Waals surface area contributed by atoms with Gasteiger partial charge >= 0.3 is 0 Å².